The van der Waals surface area contributed by atoms with Crippen LogP contribution in [0, 0.1) is 0 Å². The smallest absolute Gasteiger partial charge is 0.264 e. The number of ether oxygens (including phenoxy) is 1. The van der Waals surface area contributed by atoms with Crippen LogP contribution in [0.3, 0.4) is 0 Å². The highest BCUT2D eigenvalue weighted by Crippen LogP contribution is 2.33. The van der Waals surface area contributed by atoms with Gasteiger partial charge in [-0.1, -0.05) is 72.4 Å². The van der Waals surface area contributed by atoms with E-state index in [2.05, 4.69) is 5.32 Å². The standard InChI is InChI=1S/C31H35Cl2N3O5S/c1-3-41-29-16-10-9-15-28(29)36(42(39,40)26-13-5-4-6-14-26)21-30(37)35(20-23-17-18-24(32)19-27(23)33)22(2)31(38)34-25-11-7-8-12-25/h4-6,9-10,13-19,22,25H,3,7-8,11-12,20-21H2,1-2H3,(H,34,38)/t22-/m1/s1. The fourth-order valence-corrected chi connectivity index (χ4v) is 6.90. The van der Waals surface area contributed by atoms with Crippen molar-refractivity contribution >= 4 is 50.7 Å². The summed E-state index contributed by atoms with van der Waals surface area (Å²) in [5, 5.41) is 3.82. The van der Waals surface area contributed by atoms with Crippen LogP contribution in [0.25, 0.3) is 0 Å². The third kappa shape index (κ3) is 7.56. The second kappa shape index (κ2) is 14.3. The lowest BCUT2D eigenvalue weighted by Gasteiger charge is -2.33. The summed E-state index contributed by atoms with van der Waals surface area (Å²) in [4.78, 5) is 28.9. The van der Waals surface area contributed by atoms with Crippen molar-refractivity contribution in [3.8, 4) is 5.75 Å². The predicted molar refractivity (Wildman–Crippen MR) is 165 cm³/mol. The Morgan fingerprint density at radius 1 is 1.00 bits per heavy atom. The minimum Gasteiger partial charge on any atom is -0.492 e. The number of benzene rings is 3. The third-order valence-corrected chi connectivity index (χ3v) is 9.63. The Labute approximate surface area is 257 Å². The number of halogens is 2. The second-order valence-corrected chi connectivity index (χ2v) is 12.9. The summed E-state index contributed by atoms with van der Waals surface area (Å²) in [6, 6.07) is 18.6. The molecule has 0 saturated heterocycles. The van der Waals surface area contributed by atoms with Gasteiger partial charge in [0.25, 0.3) is 10.0 Å². The number of sulfonamides is 1. The highest BCUT2D eigenvalue weighted by molar-refractivity contribution is 7.92. The summed E-state index contributed by atoms with van der Waals surface area (Å²) in [7, 11) is -4.21. The Kier molecular flexibility index (Phi) is 10.8. The van der Waals surface area contributed by atoms with Crippen molar-refractivity contribution in [2.45, 2.75) is 63.1 Å². The zero-order valence-corrected chi connectivity index (χ0v) is 26.0. The van der Waals surface area contributed by atoms with E-state index in [0.29, 0.717) is 28.0 Å². The fourth-order valence-electron chi connectivity index (χ4n) is 4.98. The monoisotopic (exact) mass is 631 g/mol. The Morgan fingerprint density at radius 3 is 2.33 bits per heavy atom. The number of hydrogen-bond acceptors (Lipinski definition) is 5. The Hall–Kier alpha value is -3.27. The molecule has 1 atom stereocenters. The average Bonchev–Trinajstić information content (AvgIpc) is 3.49. The van der Waals surface area contributed by atoms with Gasteiger partial charge in [0.1, 0.15) is 18.3 Å². The number of hydrogen-bond donors (Lipinski definition) is 1. The van der Waals surface area contributed by atoms with E-state index >= 15 is 0 Å². The maximum atomic E-state index is 14.2. The zero-order chi connectivity index (χ0) is 30.3. The van der Waals surface area contributed by atoms with E-state index in [9.17, 15) is 18.0 Å². The molecule has 1 aliphatic carbocycles. The number of nitrogens with zero attached hydrogens (tertiary/aromatic N) is 2. The molecule has 0 spiro atoms. The van der Waals surface area contributed by atoms with Crippen LogP contribution in [0.4, 0.5) is 5.69 Å². The van der Waals surface area contributed by atoms with Gasteiger partial charge in [-0.15, -0.1) is 0 Å². The molecule has 8 nitrogen and oxygen atoms in total. The summed E-state index contributed by atoms with van der Waals surface area (Å²) in [6.07, 6.45) is 3.83. The van der Waals surface area contributed by atoms with Crippen molar-refractivity contribution in [1.29, 1.82) is 0 Å². The molecule has 4 rings (SSSR count). The Balaban J connectivity index is 1.73. The van der Waals surface area contributed by atoms with Gasteiger partial charge in [-0.3, -0.25) is 13.9 Å². The van der Waals surface area contributed by atoms with E-state index in [4.69, 9.17) is 27.9 Å². The van der Waals surface area contributed by atoms with Crippen LogP contribution in [-0.2, 0) is 26.2 Å². The molecule has 1 fully saturated rings. The van der Waals surface area contributed by atoms with Crippen molar-refractivity contribution in [1.82, 2.24) is 10.2 Å². The summed E-state index contributed by atoms with van der Waals surface area (Å²) >= 11 is 12.6. The molecule has 0 unspecified atom stereocenters. The highest BCUT2D eigenvalue weighted by atomic mass is 35.5. The zero-order valence-electron chi connectivity index (χ0n) is 23.6. The largest absolute Gasteiger partial charge is 0.492 e. The maximum absolute atomic E-state index is 14.2. The second-order valence-electron chi connectivity index (χ2n) is 10.1. The van der Waals surface area contributed by atoms with Gasteiger partial charge < -0.3 is 15.0 Å². The van der Waals surface area contributed by atoms with Crippen LogP contribution in [0.5, 0.6) is 5.75 Å². The molecule has 0 radical (unpaired) electrons. The molecule has 3 aromatic carbocycles. The normalized spacial score (nSPS) is 14.3. The minimum absolute atomic E-state index is 0.0171. The van der Waals surface area contributed by atoms with Gasteiger partial charge in [0.2, 0.25) is 11.8 Å². The van der Waals surface area contributed by atoms with Gasteiger partial charge in [-0.2, -0.15) is 0 Å². The molecule has 1 aliphatic rings. The van der Waals surface area contributed by atoms with E-state index in [1.165, 1.54) is 17.0 Å². The molecule has 3 aromatic rings. The molecule has 42 heavy (non-hydrogen) atoms. The van der Waals surface area contributed by atoms with Crippen molar-refractivity contribution in [2.75, 3.05) is 17.5 Å². The fraction of sp³-hybridized carbons (Fsp3) is 0.355. The average molecular weight is 633 g/mol. The maximum Gasteiger partial charge on any atom is 0.264 e. The van der Waals surface area contributed by atoms with Crippen molar-refractivity contribution in [2.24, 2.45) is 0 Å². The van der Waals surface area contributed by atoms with E-state index in [1.54, 1.807) is 74.5 Å². The van der Waals surface area contributed by atoms with Crippen LogP contribution in [-0.4, -0.2) is 50.4 Å². The van der Waals surface area contributed by atoms with Crippen LogP contribution >= 0.6 is 23.2 Å². The third-order valence-electron chi connectivity index (χ3n) is 7.27. The quantitative estimate of drug-likeness (QED) is 0.262. The van der Waals surface area contributed by atoms with Crippen molar-refractivity contribution < 1.29 is 22.7 Å². The number of nitrogens with one attached hydrogen (secondary N) is 1. The van der Waals surface area contributed by atoms with Crippen LogP contribution in [0.2, 0.25) is 10.0 Å². The first-order chi connectivity index (χ1) is 20.1. The summed E-state index contributed by atoms with van der Waals surface area (Å²) in [5.74, 6) is -0.583. The SMILES string of the molecule is CCOc1ccccc1N(CC(=O)N(Cc1ccc(Cl)cc1Cl)[C@H](C)C(=O)NC1CCCC1)S(=O)(=O)c1ccccc1. The van der Waals surface area contributed by atoms with Gasteiger partial charge >= 0.3 is 0 Å². The summed E-state index contributed by atoms with van der Waals surface area (Å²) in [6.45, 7) is 3.12. The number of carbonyl (C=O) groups excluding carboxylic acids is 2. The molecule has 0 aliphatic heterocycles. The molecule has 0 heterocycles. The number of para-hydroxylation sites is 2. The lowest BCUT2D eigenvalue weighted by molar-refractivity contribution is -0.139. The summed E-state index contributed by atoms with van der Waals surface area (Å²) in [5.41, 5.74) is 0.784. The molecule has 1 saturated carbocycles. The topological polar surface area (TPSA) is 96.0 Å². The Morgan fingerprint density at radius 2 is 1.67 bits per heavy atom. The van der Waals surface area contributed by atoms with E-state index in [0.717, 1.165) is 30.0 Å². The predicted octanol–water partition coefficient (Wildman–Crippen LogP) is 6.06. The first-order valence-electron chi connectivity index (χ1n) is 13.9. The molecule has 0 aromatic heterocycles. The lowest BCUT2D eigenvalue weighted by Crippen LogP contribution is -2.52. The van der Waals surface area contributed by atoms with Gasteiger partial charge in [-0.05, 0) is 68.7 Å². The van der Waals surface area contributed by atoms with Gasteiger partial charge in [0.05, 0.1) is 17.2 Å². The molecule has 0 bridgehead atoms. The minimum atomic E-state index is -4.21. The molecular formula is C31H35Cl2N3O5S. The molecule has 224 valence electrons. The number of anilines is 1. The van der Waals surface area contributed by atoms with Crippen molar-refractivity contribution in [3.05, 3.63) is 88.4 Å². The Bertz CT molecular complexity index is 1500. The first-order valence-corrected chi connectivity index (χ1v) is 16.1. The summed E-state index contributed by atoms with van der Waals surface area (Å²) < 4.78 is 34.8. The lowest BCUT2D eigenvalue weighted by atomic mass is 10.1. The highest BCUT2D eigenvalue weighted by Gasteiger charge is 2.34. The first kappa shape index (κ1) is 31.7. The van der Waals surface area contributed by atoms with E-state index in [-0.39, 0.29) is 29.1 Å². The van der Waals surface area contributed by atoms with Gasteiger partial charge in [0.15, 0.2) is 0 Å². The van der Waals surface area contributed by atoms with Crippen LogP contribution in [0.15, 0.2) is 77.7 Å². The van der Waals surface area contributed by atoms with Crippen molar-refractivity contribution in [3.63, 3.8) is 0 Å². The number of amides is 2. The van der Waals surface area contributed by atoms with E-state index in [1.807, 2.05) is 0 Å². The van der Waals surface area contributed by atoms with Crippen LogP contribution < -0.4 is 14.4 Å². The number of carbonyl (C=O) groups is 2. The van der Waals surface area contributed by atoms with Gasteiger partial charge in [0, 0.05) is 22.6 Å². The molecule has 11 heteroatoms. The molecule has 1 N–H and O–H groups in total. The number of rotatable bonds is 12. The molecule has 2 amide bonds. The van der Waals surface area contributed by atoms with E-state index < -0.39 is 28.5 Å². The van der Waals surface area contributed by atoms with Gasteiger partial charge in [-0.25, -0.2) is 8.42 Å². The van der Waals surface area contributed by atoms with Crippen LogP contribution in [0.1, 0.15) is 45.1 Å². The molecular weight excluding hydrogens is 597 g/mol.